The second-order valence-corrected chi connectivity index (χ2v) is 3.54. The molecule has 0 radical (unpaired) electrons. The summed E-state index contributed by atoms with van der Waals surface area (Å²) < 4.78 is 24.8. The molecule has 0 saturated carbocycles. The van der Waals surface area contributed by atoms with E-state index in [2.05, 4.69) is 20.9 Å². The van der Waals surface area contributed by atoms with Crippen molar-refractivity contribution >= 4 is 27.7 Å². The predicted octanol–water partition coefficient (Wildman–Crippen LogP) is 1.99. The van der Waals surface area contributed by atoms with Gasteiger partial charge in [-0.05, 0) is 22.0 Å². The van der Waals surface area contributed by atoms with Gasteiger partial charge in [0.15, 0.2) is 0 Å². The second kappa shape index (κ2) is 4.52. The minimum atomic E-state index is -2.72. The van der Waals surface area contributed by atoms with Gasteiger partial charge in [0.05, 0.1) is 12.0 Å². The maximum absolute atomic E-state index is 12.4. The number of rotatable bonds is 3. The maximum Gasteiger partial charge on any atom is 0.307 e. The van der Waals surface area contributed by atoms with Crippen LogP contribution >= 0.6 is 15.9 Å². The van der Waals surface area contributed by atoms with Crippen molar-refractivity contribution in [1.29, 1.82) is 0 Å². The monoisotopic (exact) mass is 280 g/mol. The van der Waals surface area contributed by atoms with Crippen LogP contribution in [-0.4, -0.2) is 16.1 Å². The number of alkyl halides is 2. The lowest BCUT2D eigenvalue weighted by molar-refractivity contribution is -0.136. The first-order chi connectivity index (χ1) is 6.91. The summed E-state index contributed by atoms with van der Waals surface area (Å²) in [4.78, 5) is 14.0. The van der Waals surface area contributed by atoms with Gasteiger partial charge in [0, 0.05) is 5.56 Å². The smallest absolute Gasteiger partial charge is 0.307 e. The molecule has 82 valence electrons. The zero-order chi connectivity index (χ0) is 11.6. The summed E-state index contributed by atoms with van der Waals surface area (Å²) in [6, 6.07) is 1.05. The first-order valence-electron chi connectivity index (χ1n) is 3.86. The molecular formula is C8H7BrF2N2O2. The van der Waals surface area contributed by atoms with Crippen molar-refractivity contribution in [3.8, 4) is 0 Å². The van der Waals surface area contributed by atoms with E-state index < -0.39 is 18.8 Å². The number of hydrogen-bond donors (Lipinski definition) is 2. The van der Waals surface area contributed by atoms with E-state index in [4.69, 9.17) is 10.8 Å². The van der Waals surface area contributed by atoms with Crippen molar-refractivity contribution in [3.05, 3.63) is 21.8 Å². The molecule has 0 aliphatic carbocycles. The fourth-order valence-electron chi connectivity index (χ4n) is 1.02. The number of nitrogens with two attached hydrogens (primary N) is 1. The lowest BCUT2D eigenvalue weighted by Gasteiger charge is -2.07. The van der Waals surface area contributed by atoms with Crippen molar-refractivity contribution in [2.45, 2.75) is 12.8 Å². The van der Waals surface area contributed by atoms with E-state index in [-0.39, 0.29) is 21.5 Å². The third kappa shape index (κ3) is 2.85. The number of halogens is 3. The Morgan fingerprint density at radius 3 is 2.73 bits per heavy atom. The van der Waals surface area contributed by atoms with Crippen LogP contribution in [0.3, 0.4) is 0 Å². The molecule has 1 aromatic heterocycles. The minimum absolute atomic E-state index is 0.0614. The summed E-state index contributed by atoms with van der Waals surface area (Å²) in [5, 5.41) is 8.51. The van der Waals surface area contributed by atoms with E-state index in [1.807, 2.05) is 0 Å². The van der Waals surface area contributed by atoms with Crippen LogP contribution in [0.25, 0.3) is 0 Å². The predicted molar refractivity (Wildman–Crippen MR) is 52.6 cm³/mol. The summed E-state index contributed by atoms with van der Waals surface area (Å²) in [7, 11) is 0. The van der Waals surface area contributed by atoms with Gasteiger partial charge in [-0.2, -0.15) is 0 Å². The van der Waals surface area contributed by atoms with E-state index >= 15 is 0 Å². The van der Waals surface area contributed by atoms with E-state index in [9.17, 15) is 13.6 Å². The number of carboxylic acids is 1. The van der Waals surface area contributed by atoms with Crippen molar-refractivity contribution in [3.63, 3.8) is 0 Å². The fraction of sp³-hybridized carbons (Fsp3) is 0.250. The Morgan fingerprint density at radius 1 is 1.67 bits per heavy atom. The number of anilines is 1. The largest absolute Gasteiger partial charge is 0.481 e. The van der Waals surface area contributed by atoms with Gasteiger partial charge in [-0.3, -0.25) is 4.79 Å². The number of pyridine rings is 1. The molecule has 0 amide bonds. The van der Waals surface area contributed by atoms with Gasteiger partial charge >= 0.3 is 5.97 Å². The first kappa shape index (κ1) is 11.8. The Morgan fingerprint density at radius 2 is 2.27 bits per heavy atom. The molecule has 4 nitrogen and oxygen atoms in total. The molecular weight excluding hydrogens is 274 g/mol. The standard InChI is InChI=1S/C8H7BrF2N2O2/c9-6-4(7(10)11)1-3(2-5(14)15)8(12)13-6/h1,7H,2H2,(H2,12,13)(H,14,15). The molecule has 0 spiro atoms. The molecule has 0 atom stereocenters. The van der Waals surface area contributed by atoms with Crippen LogP contribution in [0.15, 0.2) is 10.7 Å². The molecule has 1 heterocycles. The van der Waals surface area contributed by atoms with E-state index in [0.717, 1.165) is 6.07 Å². The van der Waals surface area contributed by atoms with Crippen LogP contribution in [0, 0.1) is 0 Å². The van der Waals surface area contributed by atoms with Gasteiger partial charge in [-0.1, -0.05) is 0 Å². The van der Waals surface area contributed by atoms with Crippen molar-refractivity contribution in [1.82, 2.24) is 4.98 Å². The molecule has 15 heavy (non-hydrogen) atoms. The van der Waals surface area contributed by atoms with Crippen molar-refractivity contribution in [2.75, 3.05) is 5.73 Å². The lowest BCUT2D eigenvalue weighted by atomic mass is 10.1. The molecule has 7 heteroatoms. The number of aromatic nitrogens is 1. The summed E-state index contributed by atoms with van der Waals surface area (Å²) in [6.07, 6.45) is -3.15. The molecule has 0 fully saturated rings. The van der Waals surface area contributed by atoms with Crippen LogP contribution < -0.4 is 5.73 Å². The Labute approximate surface area is 92.2 Å². The highest BCUT2D eigenvalue weighted by Crippen LogP contribution is 2.28. The topological polar surface area (TPSA) is 76.2 Å². The number of carboxylic acid groups (broad SMARTS) is 1. The Balaban J connectivity index is 3.17. The molecule has 1 aromatic rings. The first-order valence-corrected chi connectivity index (χ1v) is 4.66. The van der Waals surface area contributed by atoms with Gasteiger partial charge in [0.25, 0.3) is 6.43 Å². The summed E-state index contributed by atoms with van der Waals surface area (Å²) >= 11 is 2.83. The zero-order valence-corrected chi connectivity index (χ0v) is 8.96. The average molecular weight is 281 g/mol. The molecule has 3 N–H and O–H groups in total. The normalized spacial score (nSPS) is 10.7. The number of nitrogens with zero attached hydrogens (tertiary/aromatic N) is 1. The summed E-state index contributed by atoms with van der Waals surface area (Å²) in [6.45, 7) is 0. The van der Waals surface area contributed by atoms with E-state index in [1.54, 1.807) is 0 Å². The molecule has 0 aliphatic rings. The van der Waals surface area contributed by atoms with Gasteiger partial charge in [-0.25, -0.2) is 13.8 Å². The molecule has 0 aliphatic heterocycles. The maximum atomic E-state index is 12.4. The molecule has 0 bridgehead atoms. The minimum Gasteiger partial charge on any atom is -0.481 e. The highest BCUT2D eigenvalue weighted by Gasteiger charge is 2.17. The number of aliphatic carboxylic acids is 1. The Bertz CT molecular complexity index is 398. The number of nitrogen functional groups attached to an aromatic ring is 1. The number of carbonyl (C=O) groups is 1. The lowest BCUT2D eigenvalue weighted by Crippen LogP contribution is -2.07. The highest BCUT2D eigenvalue weighted by molar-refractivity contribution is 9.10. The van der Waals surface area contributed by atoms with Crippen LogP contribution in [0.4, 0.5) is 14.6 Å². The van der Waals surface area contributed by atoms with Crippen molar-refractivity contribution < 1.29 is 18.7 Å². The fourth-order valence-corrected chi connectivity index (χ4v) is 1.50. The zero-order valence-electron chi connectivity index (χ0n) is 7.38. The van der Waals surface area contributed by atoms with Gasteiger partial charge < -0.3 is 10.8 Å². The molecule has 0 saturated heterocycles. The third-order valence-corrected chi connectivity index (χ3v) is 2.33. The Hall–Kier alpha value is -1.24. The van der Waals surface area contributed by atoms with Crippen molar-refractivity contribution in [2.24, 2.45) is 0 Å². The Kier molecular flexibility index (Phi) is 3.57. The van der Waals surface area contributed by atoms with Gasteiger partial charge in [0.2, 0.25) is 0 Å². The second-order valence-electron chi connectivity index (χ2n) is 2.78. The SMILES string of the molecule is Nc1nc(Br)c(C(F)F)cc1CC(=O)O. The molecule has 0 aromatic carbocycles. The quantitative estimate of drug-likeness (QED) is 0.831. The van der Waals surface area contributed by atoms with Gasteiger partial charge in [-0.15, -0.1) is 0 Å². The summed E-state index contributed by atoms with van der Waals surface area (Å²) in [5.41, 5.74) is 5.11. The van der Waals surface area contributed by atoms with Gasteiger partial charge in [0.1, 0.15) is 10.4 Å². The van der Waals surface area contributed by atoms with Crippen LogP contribution in [0.1, 0.15) is 17.6 Å². The van der Waals surface area contributed by atoms with E-state index in [0.29, 0.717) is 0 Å². The molecule has 0 unspecified atom stereocenters. The van der Waals surface area contributed by atoms with Crippen LogP contribution in [0.2, 0.25) is 0 Å². The van der Waals surface area contributed by atoms with Crippen LogP contribution in [0.5, 0.6) is 0 Å². The van der Waals surface area contributed by atoms with E-state index in [1.165, 1.54) is 0 Å². The average Bonchev–Trinajstić information content (AvgIpc) is 2.08. The highest BCUT2D eigenvalue weighted by atomic mass is 79.9. The number of hydrogen-bond acceptors (Lipinski definition) is 3. The molecule has 1 rings (SSSR count). The summed E-state index contributed by atoms with van der Waals surface area (Å²) in [5.74, 6) is -1.21. The van der Waals surface area contributed by atoms with Crippen LogP contribution in [-0.2, 0) is 11.2 Å². The third-order valence-electron chi connectivity index (χ3n) is 1.69.